The van der Waals surface area contributed by atoms with Crippen LogP contribution in [0.2, 0.25) is 0 Å². The Morgan fingerprint density at radius 3 is 2.92 bits per heavy atom. The second-order valence-electron chi connectivity index (χ2n) is 5.16. The zero-order valence-electron chi connectivity index (χ0n) is 14.1. The highest BCUT2D eigenvalue weighted by Crippen LogP contribution is 2.15. The fourth-order valence-electron chi connectivity index (χ4n) is 2.13. The molecule has 9 heteroatoms. The zero-order chi connectivity index (χ0) is 16.8. The fraction of sp³-hybridized carbons (Fsp3) is 0.312. The second kappa shape index (κ2) is 9.56. The summed E-state index contributed by atoms with van der Waals surface area (Å²) in [5.41, 5.74) is 1.29. The highest BCUT2D eigenvalue weighted by molar-refractivity contribution is 14.0. The highest BCUT2D eigenvalue weighted by Gasteiger charge is 2.08. The van der Waals surface area contributed by atoms with Crippen LogP contribution in [0.15, 0.2) is 39.3 Å². The Bertz CT molecular complexity index is 795. The van der Waals surface area contributed by atoms with Gasteiger partial charge in [-0.3, -0.25) is 5.10 Å². The summed E-state index contributed by atoms with van der Waals surface area (Å²) in [4.78, 5) is 10.2. The first-order valence-corrected chi connectivity index (χ1v) is 8.64. The van der Waals surface area contributed by atoms with Crippen molar-refractivity contribution in [3.63, 3.8) is 0 Å². The van der Waals surface area contributed by atoms with Crippen LogP contribution in [0.3, 0.4) is 0 Å². The standard InChI is InChI=1S/C16H20N6OS.HI/c1-3-17-16(18-9-13-11(2)6-8-24-13)19-10-14-20-15(22-21-14)12-5-4-7-23-12;/h4-8H,3,9-10H2,1-2H3,(H2,17,18,19)(H,20,21,22);1H. The number of hydrogen-bond donors (Lipinski definition) is 3. The summed E-state index contributed by atoms with van der Waals surface area (Å²) in [6.45, 7) is 6.11. The van der Waals surface area contributed by atoms with Gasteiger partial charge in [-0.2, -0.15) is 0 Å². The van der Waals surface area contributed by atoms with Gasteiger partial charge in [0.05, 0.1) is 12.8 Å². The van der Waals surface area contributed by atoms with E-state index < -0.39 is 0 Å². The van der Waals surface area contributed by atoms with Gasteiger partial charge in [0.1, 0.15) is 12.4 Å². The first-order valence-electron chi connectivity index (χ1n) is 7.76. The van der Waals surface area contributed by atoms with Gasteiger partial charge in [0.2, 0.25) is 5.82 Å². The lowest BCUT2D eigenvalue weighted by Crippen LogP contribution is -2.36. The number of furan rings is 1. The van der Waals surface area contributed by atoms with Crippen LogP contribution < -0.4 is 10.6 Å². The predicted octanol–water partition coefficient (Wildman–Crippen LogP) is 3.31. The summed E-state index contributed by atoms with van der Waals surface area (Å²) >= 11 is 1.74. The maximum atomic E-state index is 5.28. The number of H-pyrrole nitrogens is 1. The molecular weight excluding hydrogens is 451 g/mol. The van der Waals surface area contributed by atoms with Crippen LogP contribution in [0.4, 0.5) is 0 Å². The number of rotatable bonds is 6. The van der Waals surface area contributed by atoms with E-state index in [0.29, 0.717) is 24.0 Å². The van der Waals surface area contributed by atoms with E-state index in [4.69, 9.17) is 4.42 Å². The number of aromatic amines is 1. The number of halogens is 1. The van der Waals surface area contributed by atoms with Gasteiger partial charge >= 0.3 is 0 Å². The minimum Gasteiger partial charge on any atom is -0.461 e. The summed E-state index contributed by atoms with van der Waals surface area (Å²) < 4.78 is 5.28. The lowest BCUT2D eigenvalue weighted by molar-refractivity contribution is 0.577. The number of nitrogens with zero attached hydrogens (tertiary/aromatic N) is 3. The molecule has 0 fully saturated rings. The van der Waals surface area contributed by atoms with E-state index in [1.54, 1.807) is 17.6 Å². The Labute approximate surface area is 167 Å². The molecule has 3 aromatic heterocycles. The van der Waals surface area contributed by atoms with E-state index in [0.717, 1.165) is 19.0 Å². The average Bonchev–Trinajstić information content (AvgIpc) is 3.31. The van der Waals surface area contributed by atoms with Crippen LogP contribution in [-0.4, -0.2) is 27.7 Å². The van der Waals surface area contributed by atoms with E-state index in [1.165, 1.54) is 10.4 Å². The SMILES string of the molecule is CCNC(=NCc1nc(-c2ccco2)n[nH]1)NCc1sccc1C.I. The molecule has 3 rings (SSSR count). The van der Waals surface area contributed by atoms with Gasteiger partial charge in [0.25, 0.3) is 0 Å². The maximum Gasteiger partial charge on any atom is 0.216 e. The minimum absolute atomic E-state index is 0. The first kappa shape index (κ1) is 19.4. The third kappa shape index (κ3) is 5.30. The summed E-state index contributed by atoms with van der Waals surface area (Å²) in [5, 5.41) is 15.7. The molecule has 0 amide bonds. The number of aliphatic imine (C=N–C) groups is 1. The highest BCUT2D eigenvalue weighted by atomic mass is 127. The molecule has 0 unspecified atom stereocenters. The molecule has 0 aliphatic rings. The average molecular weight is 472 g/mol. The van der Waals surface area contributed by atoms with Crippen LogP contribution in [0.5, 0.6) is 0 Å². The second-order valence-corrected chi connectivity index (χ2v) is 6.16. The summed E-state index contributed by atoms with van der Waals surface area (Å²) in [6, 6.07) is 5.75. The molecule has 0 saturated carbocycles. The molecular formula is C16H21IN6OS. The number of thiophene rings is 1. The van der Waals surface area contributed by atoms with E-state index in [2.05, 4.69) is 49.2 Å². The molecule has 0 atom stereocenters. The molecule has 0 saturated heterocycles. The smallest absolute Gasteiger partial charge is 0.216 e. The van der Waals surface area contributed by atoms with Crippen molar-refractivity contribution >= 4 is 41.3 Å². The monoisotopic (exact) mass is 472 g/mol. The van der Waals surface area contributed by atoms with Crippen molar-refractivity contribution in [3.8, 4) is 11.6 Å². The molecule has 3 heterocycles. The van der Waals surface area contributed by atoms with Crippen LogP contribution in [0.25, 0.3) is 11.6 Å². The van der Waals surface area contributed by atoms with Crippen LogP contribution in [0, 0.1) is 6.92 Å². The molecule has 3 N–H and O–H groups in total. The molecule has 3 aromatic rings. The largest absolute Gasteiger partial charge is 0.461 e. The maximum absolute atomic E-state index is 5.28. The Morgan fingerprint density at radius 2 is 2.24 bits per heavy atom. The molecule has 0 radical (unpaired) electrons. The Balaban J connectivity index is 0.00000225. The number of nitrogens with one attached hydrogen (secondary N) is 3. The zero-order valence-corrected chi connectivity index (χ0v) is 17.2. The van der Waals surface area contributed by atoms with E-state index >= 15 is 0 Å². The molecule has 7 nitrogen and oxygen atoms in total. The molecule has 25 heavy (non-hydrogen) atoms. The van der Waals surface area contributed by atoms with Crippen LogP contribution in [0.1, 0.15) is 23.2 Å². The Kier molecular flexibility index (Phi) is 7.44. The first-order chi connectivity index (χ1) is 11.8. The quantitative estimate of drug-likeness (QED) is 0.291. The van der Waals surface area contributed by atoms with E-state index in [9.17, 15) is 0 Å². The molecule has 0 aliphatic heterocycles. The Hall–Kier alpha value is -1.88. The van der Waals surface area contributed by atoms with Crippen molar-refractivity contribution in [2.45, 2.75) is 26.9 Å². The third-order valence-corrected chi connectivity index (χ3v) is 4.41. The molecule has 0 spiro atoms. The number of aryl methyl sites for hydroxylation is 1. The van der Waals surface area contributed by atoms with Gasteiger partial charge in [-0.15, -0.1) is 40.4 Å². The lowest BCUT2D eigenvalue weighted by atomic mass is 10.3. The summed E-state index contributed by atoms with van der Waals surface area (Å²) in [6.07, 6.45) is 1.60. The van der Waals surface area contributed by atoms with Crippen molar-refractivity contribution < 1.29 is 4.42 Å². The topological polar surface area (TPSA) is 91.1 Å². The Morgan fingerprint density at radius 1 is 1.36 bits per heavy atom. The molecule has 0 bridgehead atoms. The van der Waals surface area contributed by atoms with Gasteiger partial charge in [-0.1, -0.05) is 0 Å². The van der Waals surface area contributed by atoms with Gasteiger partial charge in [0, 0.05) is 11.4 Å². The van der Waals surface area contributed by atoms with Crippen molar-refractivity contribution in [2.24, 2.45) is 4.99 Å². The third-order valence-electron chi connectivity index (χ3n) is 3.39. The van der Waals surface area contributed by atoms with Crippen molar-refractivity contribution in [1.29, 1.82) is 0 Å². The van der Waals surface area contributed by atoms with E-state index in [1.807, 2.05) is 19.1 Å². The van der Waals surface area contributed by atoms with Crippen molar-refractivity contribution in [1.82, 2.24) is 25.8 Å². The minimum atomic E-state index is 0. The number of hydrogen-bond acceptors (Lipinski definition) is 5. The molecule has 134 valence electrons. The van der Waals surface area contributed by atoms with Gasteiger partial charge in [0.15, 0.2) is 11.7 Å². The lowest BCUT2D eigenvalue weighted by Gasteiger charge is -2.10. The van der Waals surface area contributed by atoms with Gasteiger partial charge < -0.3 is 15.1 Å². The number of aromatic nitrogens is 3. The normalized spacial score (nSPS) is 11.2. The number of guanidine groups is 1. The van der Waals surface area contributed by atoms with Crippen molar-refractivity contribution in [2.75, 3.05) is 6.54 Å². The fourth-order valence-corrected chi connectivity index (χ4v) is 2.97. The molecule has 0 aliphatic carbocycles. The summed E-state index contributed by atoms with van der Waals surface area (Å²) in [5.74, 6) is 2.62. The van der Waals surface area contributed by atoms with Gasteiger partial charge in [-0.05, 0) is 43.0 Å². The summed E-state index contributed by atoms with van der Waals surface area (Å²) in [7, 11) is 0. The van der Waals surface area contributed by atoms with Crippen molar-refractivity contribution in [3.05, 3.63) is 46.1 Å². The van der Waals surface area contributed by atoms with E-state index in [-0.39, 0.29) is 24.0 Å². The van der Waals surface area contributed by atoms with Gasteiger partial charge in [-0.25, -0.2) is 9.98 Å². The molecule has 0 aromatic carbocycles. The predicted molar refractivity (Wildman–Crippen MR) is 110 cm³/mol. The van der Waals surface area contributed by atoms with Crippen LogP contribution >= 0.6 is 35.3 Å². The van der Waals surface area contributed by atoms with Crippen LogP contribution in [-0.2, 0) is 13.1 Å².